The molecule has 0 unspecified atom stereocenters. The van der Waals surface area contributed by atoms with Gasteiger partial charge in [0.15, 0.2) is 0 Å². The van der Waals surface area contributed by atoms with E-state index in [2.05, 4.69) is 15.3 Å². The van der Waals surface area contributed by atoms with E-state index in [0.717, 1.165) is 24.9 Å². The fourth-order valence-electron chi connectivity index (χ4n) is 2.60. The Kier molecular flexibility index (Phi) is 4.09. The lowest BCUT2D eigenvalue weighted by Gasteiger charge is -2.33. The maximum absolute atomic E-state index is 12.5. The van der Waals surface area contributed by atoms with Gasteiger partial charge in [0.05, 0.1) is 0 Å². The fourth-order valence-corrected chi connectivity index (χ4v) is 2.60. The Hall–Kier alpha value is -2.43. The average Bonchev–Trinajstić information content (AvgIpc) is 2.56. The van der Waals surface area contributed by atoms with Crippen LogP contribution in [0.3, 0.4) is 0 Å². The number of amides is 1. The highest BCUT2D eigenvalue weighted by Crippen LogP contribution is 2.16. The Labute approximate surface area is 124 Å². The second-order valence-electron chi connectivity index (χ2n) is 5.17. The molecule has 1 aromatic heterocycles. The van der Waals surface area contributed by atoms with Crippen LogP contribution in [0, 0.1) is 0 Å². The second-order valence-corrected chi connectivity index (χ2v) is 5.17. The topological polar surface area (TPSA) is 58.1 Å². The normalized spacial score (nSPS) is 18.3. The van der Waals surface area contributed by atoms with E-state index >= 15 is 0 Å². The number of piperidine rings is 1. The number of benzene rings is 1. The molecule has 108 valence electrons. The van der Waals surface area contributed by atoms with Crippen LogP contribution in [0.5, 0.6) is 0 Å². The van der Waals surface area contributed by atoms with Crippen LogP contribution in [-0.2, 0) is 0 Å². The van der Waals surface area contributed by atoms with Gasteiger partial charge in [0.25, 0.3) is 5.91 Å². The molecule has 1 atom stereocenters. The highest BCUT2D eigenvalue weighted by atomic mass is 16.2. The summed E-state index contributed by atoms with van der Waals surface area (Å²) in [7, 11) is 0. The van der Waals surface area contributed by atoms with Gasteiger partial charge in [0.1, 0.15) is 0 Å². The smallest absolute Gasteiger partial charge is 0.253 e. The first-order valence-electron chi connectivity index (χ1n) is 7.21. The highest BCUT2D eigenvalue weighted by molar-refractivity contribution is 5.94. The molecular formula is C16H18N4O. The summed E-state index contributed by atoms with van der Waals surface area (Å²) in [5.41, 5.74) is 0.745. The highest BCUT2D eigenvalue weighted by Gasteiger charge is 2.24. The van der Waals surface area contributed by atoms with Crippen LogP contribution < -0.4 is 5.32 Å². The van der Waals surface area contributed by atoms with Crippen molar-refractivity contribution >= 4 is 11.9 Å². The van der Waals surface area contributed by atoms with Gasteiger partial charge in [-0.05, 0) is 31.0 Å². The number of hydrogen-bond donors (Lipinski definition) is 1. The van der Waals surface area contributed by atoms with Crippen LogP contribution in [-0.4, -0.2) is 39.9 Å². The molecule has 21 heavy (non-hydrogen) atoms. The number of nitrogens with one attached hydrogen (secondary N) is 1. The first kappa shape index (κ1) is 13.5. The molecule has 1 N–H and O–H groups in total. The maximum Gasteiger partial charge on any atom is 0.253 e. The Morgan fingerprint density at radius 2 is 1.90 bits per heavy atom. The van der Waals surface area contributed by atoms with Crippen LogP contribution in [0.15, 0.2) is 48.8 Å². The summed E-state index contributed by atoms with van der Waals surface area (Å²) in [5, 5.41) is 3.30. The zero-order valence-corrected chi connectivity index (χ0v) is 11.8. The van der Waals surface area contributed by atoms with E-state index in [1.54, 1.807) is 18.5 Å². The van der Waals surface area contributed by atoms with Crippen LogP contribution in [0.1, 0.15) is 23.2 Å². The first-order chi connectivity index (χ1) is 10.3. The molecule has 1 aromatic carbocycles. The Balaban J connectivity index is 1.64. The number of nitrogens with zero attached hydrogens (tertiary/aromatic N) is 3. The van der Waals surface area contributed by atoms with Crippen molar-refractivity contribution in [2.45, 2.75) is 18.9 Å². The van der Waals surface area contributed by atoms with E-state index in [1.165, 1.54) is 0 Å². The molecule has 0 aliphatic carbocycles. The third-order valence-corrected chi connectivity index (χ3v) is 3.63. The van der Waals surface area contributed by atoms with Crippen LogP contribution in [0.2, 0.25) is 0 Å². The van der Waals surface area contributed by atoms with E-state index < -0.39 is 0 Å². The Morgan fingerprint density at radius 1 is 1.14 bits per heavy atom. The van der Waals surface area contributed by atoms with Crippen molar-refractivity contribution in [1.82, 2.24) is 14.9 Å². The minimum atomic E-state index is 0.0936. The van der Waals surface area contributed by atoms with Crippen molar-refractivity contribution in [2.24, 2.45) is 0 Å². The minimum Gasteiger partial charge on any atom is -0.350 e. The van der Waals surface area contributed by atoms with Gasteiger partial charge >= 0.3 is 0 Å². The fraction of sp³-hybridized carbons (Fsp3) is 0.312. The average molecular weight is 282 g/mol. The van der Waals surface area contributed by atoms with Gasteiger partial charge < -0.3 is 10.2 Å². The van der Waals surface area contributed by atoms with E-state index in [1.807, 2.05) is 35.2 Å². The number of carbonyl (C=O) groups excluding carboxylic acids is 1. The molecule has 2 aromatic rings. The first-order valence-corrected chi connectivity index (χ1v) is 7.21. The van der Waals surface area contributed by atoms with E-state index in [-0.39, 0.29) is 11.9 Å². The predicted octanol–water partition coefficient (Wildman–Crippen LogP) is 2.19. The van der Waals surface area contributed by atoms with Crippen molar-refractivity contribution in [1.29, 1.82) is 0 Å². The van der Waals surface area contributed by atoms with Gasteiger partial charge in [0.2, 0.25) is 5.95 Å². The van der Waals surface area contributed by atoms with Gasteiger partial charge in [-0.3, -0.25) is 4.79 Å². The lowest BCUT2D eigenvalue weighted by molar-refractivity contribution is 0.0714. The molecule has 0 saturated carbocycles. The van der Waals surface area contributed by atoms with E-state index in [9.17, 15) is 4.79 Å². The monoisotopic (exact) mass is 282 g/mol. The zero-order chi connectivity index (χ0) is 14.5. The number of likely N-dealkylation sites (tertiary alicyclic amines) is 1. The lowest BCUT2D eigenvalue weighted by Crippen LogP contribution is -2.45. The third-order valence-electron chi connectivity index (χ3n) is 3.63. The molecule has 2 heterocycles. The molecule has 1 saturated heterocycles. The number of rotatable bonds is 3. The van der Waals surface area contributed by atoms with Gasteiger partial charge in [-0.1, -0.05) is 18.2 Å². The van der Waals surface area contributed by atoms with Gasteiger partial charge in [-0.25, -0.2) is 9.97 Å². The summed E-state index contributed by atoms with van der Waals surface area (Å²) in [6.07, 6.45) is 5.44. The quantitative estimate of drug-likeness (QED) is 0.937. The Morgan fingerprint density at radius 3 is 2.67 bits per heavy atom. The summed E-state index contributed by atoms with van der Waals surface area (Å²) in [5.74, 6) is 0.715. The van der Waals surface area contributed by atoms with Crippen molar-refractivity contribution in [3.05, 3.63) is 54.4 Å². The second kappa shape index (κ2) is 6.35. The SMILES string of the molecule is O=C(c1ccccc1)N1CCC[C@H](Nc2ncccn2)C1. The standard InChI is InChI=1S/C16H18N4O/c21-15(13-6-2-1-3-7-13)20-11-4-8-14(12-20)19-16-17-9-5-10-18-16/h1-3,5-7,9-10,14H,4,8,11-12H2,(H,17,18,19)/t14-/m0/s1. The lowest BCUT2D eigenvalue weighted by atomic mass is 10.0. The molecule has 1 fully saturated rings. The molecular weight excluding hydrogens is 264 g/mol. The predicted molar refractivity (Wildman–Crippen MR) is 81.0 cm³/mol. The summed E-state index contributed by atoms with van der Waals surface area (Å²) >= 11 is 0. The molecule has 1 aliphatic rings. The molecule has 0 bridgehead atoms. The summed E-state index contributed by atoms with van der Waals surface area (Å²) in [4.78, 5) is 22.7. The van der Waals surface area contributed by atoms with Crippen molar-refractivity contribution in [2.75, 3.05) is 18.4 Å². The molecule has 3 rings (SSSR count). The Bertz CT molecular complexity index is 588. The minimum absolute atomic E-state index is 0.0936. The van der Waals surface area contributed by atoms with Gasteiger partial charge in [-0.15, -0.1) is 0 Å². The number of anilines is 1. The van der Waals surface area contributed by atoms with E-state index in [4.69, 9.17) is 0 Å². The summed E-state index contributed by atoms with van der Waals surface area (Å²) in [6, 6.07) is 11.4. The van der Waals surface area contributed by atoms with Crippen molar-refractivity contribution in [3.63, 3.8) is 0 Å². The molecule has 5 nitrogen and oxygen atoms in total. The van der Waals surface area contributed by atoms with Crippen LogP contribution in [0.4, 0.5) is 5.95 Å². The third kappa shape index (κ3) is 3.37. The number of carbonyl (C=O) groups is 1. The number of aromatic nitrogens is 2. The molecule has 1 aliphatic heterocycles. The summed E-state index contributed by atoms with van der Waals surface area (Å²) < 4.78 is 0. The van der Waals surface area contributed by atoms with E-state index in [0.29, 0.717) is 12.5 Å². The van der Waals surface area contributed by atoms with Crippen molar-refractivity contribution in [3.8, 4) is 0 Å². The molecule has 0 spiro atoms. The maximum atomic E-state index is 12.5. The summed E-state index contributed by atoms with van der Waals surface area (Å²) in [6.45, 7) is 1.49. The van der Waals surface area contributed by atoms with Gasteiger partial charge in [-0.2, -0.15) is 0 Å². The van der Waals surface area contributed by atoms with Gasteiger partial charge in [0, 0.05) is 37.1 Å². The molecule has 0 radical (unpaired) electrons. The zero-order valence-electron chi connectivity index (χ0n) is 11.8. The largest absolute Gasteiger partial charge is 0.350 e. The number of hydrogen-bond acceptors (Lipinski definition) is 4. The molecule has 1 amide bonds. The molecule has 5 heteroatoms. The van der Waals surface area contributed by atoms with Crippen molar-refractivity contribution < 1.29 is 4.79 Å². The van der Waals surface area contributed by atoms with Crippen LogP contribution >= 0.6 is 0 Å². The van der Waals surface area contributed by atoms with Crippen LogP contribution in [0.25, 0.3) is 0 Å².